The van der Waals surface area contributed by atoms with Crippen LogP contribution in [0.4, 0.5) is 0 Å². The first-order valence-corrected chi connectivity index (χ1v) is 10.1. The van der Waals surface area contributed by atoms with Crippen molar-refractivity contribution in [3.63, 3.8) is 0 Å². The Morgan fingerprint density at radius 1 is 1.03 bits per heavy atom. The zero-order valence-corrected chi connectivity index (χ0v) is 18.1. The number of methoxy groups -OCH3 is 1. The van der Waals surface area contributed by atoms with Crippen LogP contribution in [0.3, 0.4) is 0 Å². The maximum Gasteiger partial charge on any atom is 0.251 e. The summed E-state index contributed by atoms with van der Waals surface area (Å²) < 4.78 is 16.6. The van der Waals surface area contributed by atoms with E-state index in [2.05, 4.69) is 19.4 Å². The summed E-state index contributed by atoms with van der Waals surface area (Å²) >= 11 is 0. The summed E-state index contributed by atoms with van der Waals surface area (Å²) in [6, 6.07) is 13.4. The lowest BCUT2D eigenvalue weighted by Gasteiger charge is -2.22. The maximum absolute atomic E-state index is 12.7. The standard InChI is InChI=1S/C23H32N2O4/c1-6-14-29-21-13-10-18(15-22(21)28-7-2)23(26)24-16-20(25(3)4)17-8-11-19(27-5)12-9-17/h8-13,15,20H,6-7,14,16H2,1-5H3,(H,24,26)/p+1/t20-/m0/s1. The first kappa shape index (κ1) is 22.6. The lowest BCUT2D eigenvalue weighted by atomic mass is 10.1. The topological polar surface area (TPSA) is 61.2 Å². The Hall–Kier alpha value is -2.73. The summed E-state index contributed by atoms with van der Waals surface area (Å²) in [4.78, 5) is 14.0. The van der Waals surface area contributed by atoms with Gasteiger partial charge in [-0.3, -0.25) is 4.79 Å². The fourth-order valence-corrected chi connectivity index (χ4v) is 3.04. The van der Waals surface area contributed by atoms with Crippen LogP contribution in [0.2, 0.25) is 0 Å². The van der Waals surface area contributed by atoms with E-state index in [1.807, 2.05) is 38.1 Å². The van der Waals surface area contributed by atoms with Gasteiger partial charge < -0.3 is 24.4 Å². The number of rotatable bonds is 11. The zero-order chi connectivity index (χ0) is 21.2. The number of quaternary nitrogens is 1. The molecule has 0 fully saturated rings. The maximum atomic E-state index is 12.7. The van der Waals surface area contributed by atoms with E-state index in [0.717, 1.165) is 17.7 Å². The molecule has 2 aromatic rings. The molecule has 2 N–H and O–H groups in total. The van der Waals surface area contributed by atoms with Crippen molar-refractivity contribution in [2.45, 2.75) is 26.3 Å². The second kappa shape index (κ2) is 11.3. The van der Waals surface area contributed by atoms with Crippen LogP contribution in [0.1, 0.15) is 42.2 Å². The molecule has 6 heteroatoms. The number of nitrogens with one attached hydrogen (secondary N) is 2. The van der Waals surface area contributed by atoms with Crippen LogP contribution < -0.4 is 24.4 Å². The highest BCUT2D eigenvalue weighted by atomic mass is 16.5. The minimum Gasteiger partial charge on any atom is -0.497 e. The number of carbonyl (C=O) groups excluding carboxylic acids is 1. The van der Waals surface area contributed by atoms with Gasteiger partial charge >= 0.3 is 0 Å². The summed E-state index contributed by atoms with van der Waals surface area (Å²) in [5, 5.41) is 3.05. The Kier molecular flexibility index (Phi) is 8.80. The van der Waals surface area contributed by atoms with Crippen molar-refractivity contribution in [2.75, 3.05) is 41.0 Å². The Labute approximate surface area is 173 Å². The summed E-state index contributed by atoms with van der Waals surface area (Å²) in [5.41, 5.74) is 1.70. The van der Waals surface area contributed by atoms with Gasteiger partial charge in [0.15, 0.2) is 11.5 Å². The van der Waals surface area contributed by atoms with Crippen LogP contribution in [0.5, 0.6) is 17.2 Å². The quantitative estimate of drug-likeness (QED) is 0.607. The molecule has 0 heterocycles. The second-order valence-corrected chi connectivity index (χ2v) is 7.06. The lowest BCUT2D eigenvalue weighted by molar-refractivity contribution is -0.890. The van der Waals surface area contributed by atoms with E-state index in [1.54, 1.807) is 25.3 Å². The van der Waals surface area contributed by atoms with Crippen LogP contribution in [0.25, 0.3) is 0 Å². The molecule has 158 valence electrons. The Morgan fingerprint density at radius 2 is 1.76 bits per heavy atom. The molecule has 2 rings (SSSR count). The third-order valence-electron chi connectivity index (χ3n) is 4.65. The van der Waals surface area contributed by atoms with Crippen molar-refractivity contribution in [1.29, 1.82) is 0 Å². The molecule has 0 unspecified atom stereocenters. The Balaban J connectivity index is 2.09. The molecule has 0 aliphatic rings. The molecular formula is C23H33N2O4+. The van der Waals surface area contributed by atoms with E-state index in [1.165, 1.54) is 4.90 Å². The van der Waals surface area contributed by atoms with Gasteiger partial charge in [0.05, 0.1) is 41.0 Å². The van der Waals surface area contributed by atoms with Crippen LogP contribution in [0, 0.1) is 0 Å². The smallest absolute Gasteiger partial charge is 0.251 e. The van der Waals surface area contributed by atoms with Gasteiger partial charge in [0.25, 0.3) is 5.91 Å². The number of carbonyl (C=O) groups is 1. The molecule has 1 amide bonds. The molecule has 29 heavy (non-hydrogen) atoms. The zero-order valence-electron chi connectivity index (χ0n) is 18.1. The van der Waals surface area contributed by atoms with Crippen molar-refractivity contribution >= 4 is 5.91 Å². The number of benzene rings is 2. The largest absolute Gasteiger partial charge is 0.497 e. The first-order valence-electron chi connectivity index (χ1n) is 10.1. The average molecular weight is 402 g/mol. The summed E-state index contributed by atoms with van der Waals surface area (Å²) in [6.07, 6.45) is 0.910. The van der Waals surface area contributed by atoms with Gasteiger partial charge in [-0.05, 0) is 55.8 Å². The van der Waals surface area contributed by atoms with Crippen LogP contribution >= 0.6 is 0 Å². The van der Waals surface area contributed by atoms with Gasteiger partial charge in [0, 0.05) is 11.1 Å². The summed E-state index contributed by atoms with van der Waals surface area (Å²) in [7, 11) is 5.81. The van der Waals surface area contributed by atoms with Gasteiger partial charge in [-0.1, -0.05) is 6.92 Å². The molecule has 0 saturated carbocycles. The van der Waals surface area contributed by atoms with E-state index >= 15 is 0 Å². The van der Waals surface area contributed by atoms with Crippen LogP contribution in [0.15, 0.2) is 42.5 Å². The van der Waals surface area contributed by atoms with Crippen molar-refractivity contribution in [2.24, 2.45) is 0 Å². The number of ether oxygens (including phenoxy) is 3. The highest BCUT2D eigenvalue weighted by Gasteiger charge is 2.20. The molecule has 0 aromatic heterocycles. The first-order chi connectivity index (χ1) is 14.0. The summed E-state index contributed by atoms with van der Waals surface area (Å²) in [6.45, 7) is 5.60. The highest BCUT2D eigenvalue weighted by Crippen LogP contribution is 2.28. The molecular weight excluding hydrogens is 368 g/mol. The molecule has 0 radical (unpaired) electrons. The van der Waals surface area contributed by atoms with Crippen LogP contribution in [-0.4, -0.2) is 46.9 Å². The van der Waals surface area contributed by atoms with E-state index in [9.17, 15) is 4.79 Å². The van der Waals surface area contributed by atoms with E-state index < -0.39 is 0 Å². The molecule has 0 aliphatic carbocycles. The summed E-state index contributed by atoms with van der Waals surface area (Å²) in [5.74, 6) is 1.95. The van der Waals surface area contributed by atoms with Crippen LogP contribution in [-0.2, 0) is 0 Å². The van der Waals surface area contributed by atoms with E-state index in [-0.39, 0.29) is 11.9 Å². The monoisotopic (exact) mass is 401 g/mol. The Bertz CT molecular complexity index is 775. The second-order valence-electron chi connectivity index (χ2n) is 7.06. The molecule has 2 aromatic carbocycles. The highest BCUT2D eigenvalue weighted by molar-refractivity contribution is 5.94. The normalized spacial score (nSPS) is 11.8. The number of hydrogen-bond acceptors (Lipinski definition) is 4. The van der Waals surface area contributed by atoms with Gasteiger partial charge in [0.2, 0.25) is 0 Å². The predicted molar refractivity (Wildman–Crippen MR) is 114 cm³/mol. The molecule has 0 spiro atoms. The molecule has 0 saturated heterocycles. The third kappa shape index (κ3) is 6.39. The van der Waals surface area contributed by atoms with Gasteiger partial charge in [-0.2, -0.15) is 0 Å². The van der Waals surface area contributed by atoms with Crippen molar-refractivity contribution in [1.82, 2.24) is 5.32 Å². The molecule has 0 aliphatic heterocycles. The van der Waals surface area contributed by atoms with Gasteiger partial charge in [0.1, 0.15) is 11.8 Å². The van der Waals surface area contributed by atoms with E-state index in [0.29, 0.717) is 36.8 Å². The molecule has 1 atom stereocenters. The fourth-order valence-electron chi connectivity index (χ4n) is 3.04. The third-order valence-corrected chi connectivity index (χ3v) is 4.65. The minimum absolute atomic E-state index is 0.128. The predicted octanol–water partition coefficient (Wildman–Crippen LogP) is 2.50. The van der Waals surface area contributed by atoms with Crippen molar-refractivity contribution in [3.05, 3.63) is 53.6 Å². The molecule has 6 nitrogen and oxygen atoms in total. The number of amides is 1. The van der Waals surface area contributed by atoms with E-state index in [4.69, 9.17) is 14.2 Å². The minimum atomic E-state index is -0.132. The van der Waals surface area contributed by atoms with Gasteiger partial charge in [-0.15, -0.1) is 0 Å². The Morgan fingerprint density at radius 3 is 2.34 bits per heavy atom. The fraction of sp³-hybridized carbons (Fsp3) is 0.435. The number of hydrogen-bond donors (Lipinski definition) is 2. The van der Waals surface area contributed by atoms with Crippen molar-refractivity contribution < 1.29 is 23.9 Å². The average Bonchev–Trinajstić information content (AvgIpc) is 2.73. The van der Waals surface area contributed by atoms with Gasteiger partial charge in [-0.25, -0.2) is 0 Å². The SMILES string of the molecule is CCCOc1ccc(C(=O)NC[C@@H](c2ccc(OC)cc2)[NH+](C)C)cc1OCC. The lowest BCUT2D eigenvalue weighted by Crippen LogP contribution is -3.07. The number of likely N-dealkylation sites (N-methyl/N-ethyl adjacent to an activating group) is 1. The van der Waals surface area contributed by atoms with Crippen molar-refractivity contribution in [3.8, 4) is 17.2 Å². The molecule has 0 bridgehead atoms.